The molecule has 2 nitrogen and oxygen atoms in total. The number of phenolic OH excluding ortho intramolecular Hbond substituents is 1. The second kappa shape index (κ2) is 3.11. The Morgan fingerprint density at radius 3 is 2.64 bits per heavy atom. The zero-order valence-corrected chi connectivity index (χ0v) is 8.31. The van der Waals surface area contributed by atoms with Gasteiger partial charge in [-0.15, -0.1) is 0 Å². The van der Waals surface area contributed by atoms with Gasteiger partial charge in [0.15, 0.2) is 11.6 Å². The van der Waals surface area contributed by atoms with Crippen LogP contribution in [0.3, 0.4) is 0 Å². The molecule has 0 aliphatic heterocycles. The molecule has 2 rings (SSSR count). The van der Waals surface area contributed by atoms with Crippen molar-refractivity contribution in [1.29, 1.82) is 0 Å². The quantitative estimate of drug-likeness (QED) is 0.794. The molecule has 0 heterocycles. The van der Waals surface area contributed by atoms with Gasteiger partial charge >= 0.3 is 0 Å². The van der Waals surface area contributed by atoms with Crippen molar-refractivity contribution in [3.63, 3.8) is 0 Å². The fraction of sp³-hybridized carbons (Fsp3) is 0.400. The lowest BCUT2D eigenvalue weighted by Crippen LogP contribution is -2.20. The van der Waals surface area contributed by atoms with Crippen molar-refractivity contribution in [1.82, 2.24) is 0 Å². The van der Waals surface area contributed by atoms with Crippen LogP contribution in [-0.2, 0) is 5.41 Å². The van der Waals surface area contributed by atoms with Crippen LogP contribution in [0.1, 0.15) is 18.4 Å². The third kappa shape index (κ3) is 1.37. The van der Waals surface area contributed by atoms with E-state index in [1.807, 2.05) is 0 Å². The summed E-state index contributed by atoms with van der Waals surface area (Å²) in [6.45, 7) is 0.417. The van der Waals surface area contributed by atoms with Crippen molar-refractivity contribution in [2.24, 2.45) is 5.73 Å². The molecule has 0 saturated heterocycles. The summed E-state index contributed by atoms with van der Waals surface area (Å²) >= 11 is 5.72. The summed E-state index contributed by atoms with van der Waals surface area (Å²) in [7, 11) is 0. The lowest BCUT2D eigenvalue weighted by molar-refractivity contribution is 0.418. The van der Waals surface area contributed by atoms with Gasteiger partial charge in [0.25, 0.3) is 0 Å². The molecule has 0 aromatic heterocycles. The Hall–Kier alpha value is -0.800. The molecule has 4 heteroatoms. The molecule has 0 spiro atoms. The second-order valence-electron chi connectivity index (χ2n) is 3.77. The molecule has 1 aliphatic carbocycles. The molecule has 1 saturated carbocycles. The number of rotatable bonds is 2. The first-order chi connectivity index (χ1) is 6.59. The summed E-state index contributed by atoms with van der Waals surface area (Å²) in [5.41, 5.74) is 5.90. The molecule has 0 bridgehead atoms. The first kappa shape index (κ1) is 9.74. The highest BCUT2D eigenvalue weighted by Gasteiger charge is 2.45. The summed E-state index contributed by atoms with van der Waals surface area (Å²) in [5, 5.41) is 9.84. The molecule has 76 valence electrons. The highest BCUT2D eigenvalue weighted by atomic mass is 35.5. The number of phenols is 1. The average Bonchev–Trinajstić information content (AvgIpc) is 2.92. The monoisotopic (exact) mass is 215 g/mol. The van der Waals surface area contributed by atoms with Gasteiger partial charge in [-0.3, -0.25) is 0 Å². The highest BCUT2D eigenvalue weighted by Crippen LogP contribution is 2.51. The highest BCUT2D eigenvalue weighted by molar-refractivity contribution is 6.30. The van der Waals surface area contributed by atoms with Gasteiger partial charge in [0.05, 0.1) is 0 Å². The molecular formula is C10H11ClFNO. The topological polar surface area (TPSA) is 46.2 Å². The maximum absolute atomic E-state index is 13.2. The Kier molecular flexibility index (Phi) is 2.16. The number of hydrogen-bond acceptors (Lipinski definition) is 2. The van der Waals surface area contributed by atoms with Crippen molar-refractivity contribution in [3.8, 4) is 5.75 Å². The third-order valence-electron chi connectivity index (χ3n) is 2.84. The average molecular weight is 216 g/mol. The maximum atomic E-state index is 13.2. The van der Waals surface area contributed by atoms with Crippen LogP contribution in [0.4, 0.5) is 4.39 Å². The van der Waals surface area contributed by atoms with Gasteiger partial charge in [-0.05, 0) is 25.0 Å². The van der Waals surface area contributed by atoms with Crippen LogP contribution >= 0.6 is 11.6 Å². The van der Waals surface area contributed by atoms with Gasteiger partial charge in [0.2, 0.25) is 0 Å². The summed E-state index contributed by atoms with van der Waals surface area (Å²) in [6.07, 6.45) is 1.77. The van der Waals surface area contributed by atoms with E-state index in [1.54, 1.807) is 6.07 Å². The largest absolute Gasteiger partial charge is 0.505 e. The van der Waals surface area contributed by atoms with E-state index in [0.29, 0.717) is 17.1 Å². The lowest BCUT2D eigenvalue weighted by Gasteiger charge is -2.15. The smallest absolute Gasteiger partial charge is 0.166 e. The van der Waals surface area contributed by atoms with Gasteiger partial charge in [-0.2, -0.15) is 0 Å². The summed E-state index contributed by atoms with van der Waals surface area (Å²) < 4.78 is 13.2. The van der Waals surface area contributed by atoms with E-state index in [1.165, 1.54) is 0 Å². The number of benzene rings is 1. The zero-order chi connectivity index (χ0) is 10.3. The van der Waals surface area contributed by atoms with Crippen molar-refractivity contribution < 1.29 is 9.50 Å². The molecule has 1 aliphatic rings. The molecule has 0 amide bonds. The molecular weight excluding hydrogens is 205 g/mol. The SMILES string of the molecule is NCC1(c2cc(Cl)cc(F)c2O)CC1. The number of nitrogens with two attached hydrogens (primary N) is 1. The van der Waals surface area contributed by atoms with E-state index in [2.05, 4.69) is 0 Å². The van der Waals surface area contributed by atoms with Crippen LogP contribution in [0.2, 0.25) is 5.02 Å². The van der Waals surface area contributed by atoms with Crippen LogP contribution in [0.15, 0.2) is 12.1 Å². The third-order valence-corrected chi connectivity index (χ3v) is 3.06. The van der Waals surface area contributed by atoms with Crippen molar-refractivity contribution in [2.75, 3.05) is 6.54 Å². The maximum Gasteiger partial charge on any atom is 0.166 e. The second-order valence-corrected chi connectivity index (χ2v) is 4.20. The molecule has 1 fully saturated rings. The van der Waals surface area contributed by atoms with Gasteiger partial charge in [-0.1, -0.05) is 11.6 Å². The van der Waals surface area contributed by atoms with E-state index in [9.17, 15) is 9.50 Å². The van der Waals surface area contributed by atoms with Crippen LogP contribution in [0.5, 0.6) is 5.75 Å². The predicted octanol–water partition coefficient (Wildman–Crippen LogP) is 2.17. The van der Waals surface area contributed by atoms with Gasteiger partial charge in [0, 0.05) is 22.5 Å². The molecule has 3 N–H and O–H groups in total. The lowest BCUT2D eigenvalue weighted by atomic mass is 9.95. The Balaban J connectivity index is 2.52. The van der Waals surface area contributed by atoms with Crippen molar-refractivity contribution in [2.45, 2.75) is 18.3 Å². The van der Waals surface area contributed by atoms with Crippen LogP contribution < -0.4 is 5.73 Å². The Labute approximate surface area is 86.5 Å². The van der Waals surface area contributed by atoms with E-state index in [0.717, 1.165) is 18.9 Å². The fourth-order valence-electron chi connectivity index (χ4n) is 1.70. The molecule has 1 aromatic rings. The van der Waals surface area contributed by atoms with Gasteiger partial charge in [-0.25, -0.2) is 4.39 Å². The van der Waals surface area contributed by atoms with E-state index in [4.69, 9.17) is 17.3 Å². The van der Waals surface area contributed by atoms with Gasteiger partial charge < -0.3 is 10.8 Å². The molecule has 0 atom stereocenters. The van der Waals surface area contributed by atoms with Crippen LogP contribution in [0, 0.1) is 5.82 Å². The summed E-state index contributed by atoms with van der Waals surface area (Å²) in [5.74, 6) is -0.982. The minimum atomic E-state index is -0.674. The normalized spacial score (nSPS) is 18.2. The van der Waals surface area contributed by atoms with E-state index >= 15 is 0 Å². The van der Waals surface area contributed by atoms with Gasteiger partial charge in [0.1, 0.15) is 0 Å². The zero-order valence-electron chi connectivity index (χ0n) is 7.56. The number of aromatic hydroxyl groups is 1. The van der Waals surface area contributed by atoms with Crippen molar-refractivity contribution >= 4 is 11.6 Å². The number of halogens is 2. The van der Waals surface area contributed by atoms with Crippen LogP contribution in [-0.4, -0.2) is 11.7 Å². The minimum Gasteiger partial charge on any atom is -0.505 e. The first-order valence-corrected chi connectivity index (χ1v) is 4.85. The summed E-state index contributed by atoms with van der Waals surface area (Å²) in [6, 6.07) is 2.70. The van der Waals surface area contributed by atoms with E-state index in [-0.39, 0.29) is 11.2 Å². The fourth-order valence-corrected chi connectivity index (χ4v) is 1.91. The summed E-state index contributed by atoms with van der Waals surface area (Å²) in [4.78, 5) is 0. The molecule has 0 unspecified atom stereocenters. The standard InChI is InChI=1S/C10H11ClFNO/c11-6-3-7(9(14)8(12)4-6)10(5-13)1-2-10/h3-4,14H,1-2,5,13H2. The molecule has 14 heavy (non-hydrogen) atoms. The predicted molar refractivity (Wildman–Crippen MR) is 53.0 cm³/mol. The molecule has 0 radical (unpaired) electrons. The Morgan fingerprint density at radius 2 is 2.14 bits per heavy atom. The first-order valence-electron chi connectivity index (χ1n) is 4.48. The Morgan fingerprint density at radius 1 is 1.50 bits per heavy atom. The Bertz CT molecular complexity index is 377. The molecule has 1 aromatic carbocycles. The van der Waals surface area contributed by atoms with E-state index < -0.39 is 5.82 Å². The minimum absolute atomic E-state index is 0.240. The van der Waals surface area contributed by atoms with Crippen molar-refractivity contribution in [3.05, 3.63) is 28.5 Å². The number of hydrogen-bond donors (Lipinski definition) is 2. The van der Waals surface area contributed by atoms with Crippen LogP contribution in [0.25, 0.3) is 0 Å².